The van der Waals surface area contributed by atoms with Crippen LogP contribution < -0.4 is 16.0 Å². The highest BCUT2D eigenvalue weighted by Gasteiger charge is 2.53. The zero-order valence-corrected chi connectivity index (χ0v) is 60.3. The van der Waals surface area contributed by atoms with E-state index in [1.807, 2.05) is 6.92 Å². The molecule has 8 fully saturated rings. The molecule has 12 amide bonds. The predicted molar refractivity (Wildman–Crippen MR) is 359 cm³/mol. The molecule has 98 heavy (non-hydrogen) atoms. The number of carbonyl (C=O) groups excluding carboxylic acids is 12. The maximum Gasteiger partial charge on any atom is 0.393 e. The SMILES string of the molecule is CC[C@H](C)[C@@H]1NC(=O)[C@H](C)N(C)C(=O)C[C@@H](C(=O)N2CCCCC2)N(C)C(=O)[C@H](C(C)C)N(C)C(=O)C2(CCCC2)NC(=O)[C@@H]2CCCN2C(=O)[C@H](CCC2CCC(C(F)(F)F)C(Cl)C2)NC(=O)[C@H]2CCCN2C(=O)[C@H](CC2CCCCC2)N(C)C(=O)[C@@H]2CCN2C(=O)CN(C)C1=O. The van der Waals surface area contributed by atoms with Crippen LogP contribution in [0.3, 0.4) is 0 Å². The van der Waals surface area contributed by atoms with Crippen LogP contribution in [-0.4, -0.2) is 261 Å². The number of piperidine rings is 1. The van der Waals surface area contributed by atoms with Gasteiger partial charge in [-0.25, -0.2) is 0 Å². The van der Waals surface area contributed by atoms with Crippen LogP contribution in [0.15, 0.2) is 0 Å². The molecule has 28 heteroatoms. The molecule has 8 rings (SSSR count). The molecule has 0 aromatic carbocycles. The van der Waals surface area contributed by atoms with E-state index in [1.54, 1.807) is 25.7 Å². The minimum Gasteiger partial charge on any atom is -0.343 e. The Kier molecular flexibility index (Phi) is 26.5. The van der Waals surface area contributed by atoms with Crippen LogP contribution in [0.2, 0.25) is 0 Å². The molecule has 0 aromatic heterocycles. The largest absolute Gasteiger partial charge is 0.393 e. The van der Waals surface area contributed by atoms with Crippen LogP contribution in [0.25, 0.3) is 0 Å². The van der Waals surface area contributed by atoms with Gasteiger partial charge in [0.2, 0.25) is 70.9 Å². The number of nitrogens with zero attached hydrogens (tertiary/aromatic N) is 9. The zero-order chi connectivity index (χ0) is 71.8. The van der Waals surface area contributed by atoms with Gasteiger partial charge in [-0.05, 0) is 133 Å². The van der Waals surface area contributed by atoms with Gasteiger partial charge < -0.3 is 60.0 Å². The highest BCUT2D eigenvalue weighted by Crippen LogP contribution is 2.44. The maximum atomic E-state index is 15.4. The van der Waals surface area contributed by atoms with Crippen molar-refractivity contribution >= 4 is 82.5 Å². The summed E-state index contributed by atoms with van der Waals surface area (Å²) < 4.78 is 42.1. The van der Waals surface area contributed by atoms with Crippen LogP contribution >= 0.6 is 11.6 Å². The topological polar surface area (TPSA) is 270 Å². The molecule has 5 saturated heterocycles. The second-order valence-corrected chi connectivity index (χ2v) is 30.7. The van der Waals surface area contributed by atoms with Crippen molar-refractivity contribution in [3.05, 3.63) is 0 Å². The number of hydrogen-bond donors (Lipinski definition) is 3. The molecule has 3 unspecified atom stereocenters. The number of nitrogens with one attached hydrogen (secondary N) is 3. The molecule has 5 heterocycles. The Morgan fingerprint density at radius 1 is 0.582 bits per heavy atom. The van der Waals surface area contributed by atoms with Gasteiger partial charge in [-0.1, -0.05) is 79.1 Å². The summed E-state index contributed by atoms with van der Waals surface area (Å²) in [6.07, 6.45) is 5.29. The van der Waals surface area contributed by atoms with E-state index in [2.05, 4.69) is 16.0 Å². The second-order valence-electron chi connectivity index (χ2n) is 30.1. The Bertz CT molecular complexity index is 2930. The number of carbonyl (C=O) groups is 12. The highest BCUT2D eigenvalue weighted by molar-refractivity contribution is 6.21. The van der Waals surface area contributed by atoms with E-state index in [1.165, 1.54) is 76.5 Å². The van der Waals surface area contributed by atoms with Crippen molar-refractivity contribution in [3.8, 4) is 0 Å². The molecule has 8 aliphatic rings. The first-order valence-electron chi connectivity index (χ1n) is 36.5. The van der Waals surface area contributed by atoms with Crippen LogP contribution in [0, 0.1) is 29.6 Å². The fourth-order valence-corrected chi connectivity index (χ4v) is 17.2. The normalized spacial score (nSPS) is 31.9. The Balaban J connectivity index is 1.15. The van der Waals surface area contributed by atoms with E-state index >= 15 is 28.8 Å². The molecule has 24 nitrogen and oxygen atoms in total. The third-order valence-corrected chi connectivity index (χ3v) is 23.8. The average molecular weight is 1400 g/mol. The first-order chi connectivity index (χ1) is 46.3. The number of amides is 12. The van der Waals surface area contributed by atoms with Gasteiger partial charge >= 0.3 is 6.18 Å². The van der Waals surface area contributed by atoms with Crippen LogP contribution in [0.1, 0.15) is 195 Å². The molecular formula is C70H110ClF3N12O12. The third kappa shape index (κ3) is 17.5. The summed E-state index contributed by atoms with van der Waals surface area (Å²) in [5.41, 5.74) is -1.56. The van der Waals surface area contributed by atoms with Gasteiger partial charge in [0.25, 0.3) is 0 Å². The number of fused-ring (bicyclic) bond motifs is 3. The molecule has 3 N–H and O–H groups in total. The molecule has 0 bridgehead atoms. The van der Waals surface area contributed by atoms with Crippen molar-refractivity contribution in [3.63, 3.8) is 0 Å². The van der Waals surface area contributed by atoms with E-state index < -0.39 is 173 Å². The number of hydrogen-bond acceptors (Lipinski definition) is 12. The fourth-order valence-electron chi connectivity index (χ4n) is 16.6. The lowest BCUT2D eigenvalue weighted by atomic mass is 9.78. The summed E-state index contributed by atoms with van der Waals surface area (Å²) in [4.78, 5) is 191. The molecule has 550 valence electrons. The quantitative estimate of drug-likeness (QED) is 0.251. The lowest BCUT2D eigenvalue weighted by Crippen LogP contribution is -2.65. The van der Waals surface area contributed by atoms with Crippen molar-refractivity contribution in [2.24, 2.45) is 29.6 Å². The fraction of sp³-hybridized carbons (Fsp3) is 0.829. The van der Waals surface area contributed by atoms with E-state index in [0.29, 0.717) is 58.0 Å². The maximum absolute atomic E-state index is 15.4. The monoisotopic (exact) mass is 1400 g/mol. The van der Waals surface area contributed by atoms with Crippen LogP contribution in [0.4, 0.5) is 13.2 Å². The summed E-state index contributed by atoms with van der Waals surface area (Å²) in [6.45, 7) is 9.23. The summed E-state index contributed by atoms with van der Waals surface area (Å²) in [5, 5.41) is 7.65. The standard InChI is InChI=1S/C70H110ClF3N12O12/c1-11-43(4)57-66(96)78(6)41-56(88)84-37-30-52(84)63(93)80(8)53(39-45-22-14-12-15-23-45)65(95)86-36-20-24-50(86)60(90)75-49(29-27-46-26-28-47(48(71)38-46)70(72,73)74)62(92)85-35-21-25-51(85)61(91)77-69(31-16-17-32-69)68(98)82(10)58(42(2)3)67(97)81(9)54(64(94)83-33-18-13-19-34-83)40-55(87)79(7)44(5)59(89)76-57/h42-54,57-58H,11-41H2,1-10H3,(H,75,90)(H,76,89)(H,77,91)/t43-,44-,46?,47?,48?,49-,50+,51-,52-,53-,54-,57-,58-/m0/s1. The number of halogens is 4. The Morgan fingerprint density at radius 2 is 1.19 bits per heavy atom. The van der Waals surface area contributed by atoms with Gasteiger partial charge in [-0.15, -0.1) is 11.6 Å². The lowest BCUT2D eigenvalue weighted by Gasteiger charge is -2.44. The van der Waals surface area contributed by atoms with Crippen molar-refractivity contribution in [1.82, 2.24) is 60.0 Å². The van der Waals surface area contributed by atoms with Gasteiger partial charge in [0.1, 0.15) is 59.9 Å². The molecule has 0 radical (unpaired) electrons. The lowest BCUT2D eigenvalue weighted by molar-refractivity contribution is -0.182. The van der Waals surface area contributed by atoms with Crippen molar-refractivity contribution in [2.75, 3.05) is 74.5 Å². The van der Waals surface area contributed by atoms with Gasteiger partial charge in [0.05, 0.1) is 18.9 Å². The molecule has 3 saturated carbocycles. The number of rotatable bonds is 9. The third-order valence-electron chi connectivity index (χ3n) is 23.3. The first kappa shape index (κ1) is 77.5. The first-order valence-corrected chi connectivity index (χ1v) is 36.9. The van der Waals surface area contributed by atoms with Crippen LogP contribution in [-0.2, 0) is 57.5 Å². The van der Waals surface area contributed by atoms with Gasteiger partial charge in [-0.3, -0.25) is 57.5 Å². The number of alkyl halides is 4. The van der Waals surface area contributed by atoms with E-state index in [0.717, 1.165) is 43.4 Å². The minimum atomic E-state index is -4.50. The molecule has 1 spiro atoms. The zero-order valence-electron chi connectivity index (χ0n) is 59.5. The summed E-state index contributed by atoms with van der Waals surface area (Å²) in [6, 6.07) is -10.7. The summed E-state index contributed by atoms with van der Waals surface area (Å²) >= 11 is 6.43. The van der Waals surface area contributed by atoms with E-state index in [-0.39, 0.29) is 102 Å². The van der Waals surface area contributed by atoms with E-state index in [9.17, 15) is 41.9 Å². The number of likely N-dealkylation sites (tertiary alicyclic amines) is 1. The average Bonchev–Trinajstić information content (AvgIpc) is 1.47. The smallest absolute Gasteiger partial charge is 0.343 e. The Morgan fingerprint density at radius 3 is 1.78 bits per heavy atom. The molecule has 0 aromatic rings. The Hall–Kier alpha value is -6.28. The summed E-state index contributed by atoms with van der Waals surface area (Å²) in [7, 11) is 7.20. The van der Waals surface area contributed by atoms with E-state index in [4.69, 9.17) is 11.6 Å². The highest BCUT2D eigenvalue weighted by atomic mass is 35.5. The Labute approximate surface area is 581 Å². The second kappa shape index (κ2) is 33.5. The molecule has 13 atom stereocenters. The number of likely N-dealkylation sites (N-methyl/N-ethyl adjacent to an activating group) is 5. The molecular weight excluding hydrogens is 1290 g/mol. The van der Waals surface area contributed by atoms with Gasteiger partial charge in [0, 0.05) is 73.3 Å². The molecule has 3 aliphatic carbocycles. The minimum absolute atomic E-state index is 0.0100. The van der Waals surface area contributed by atoms with Gasteiger partial charge in [-0.2, -0.15) is 13.2 Å². The van der Waals surface area contributed by atoms with Gasteiger partial charge in [0.15, 0.2) is 0 Å². The van der Waals surface area contributed by atoms with Crippen molar-refractivity contribution in [2.45, 2.75) is 267 Å². The predicted octanol–water partition coefficient (Wildman–Crippen LogP) is 5.21. The van der Waals surface area contributed by atoms with Crippen molar-refractivity contribution in [1.29, 1.82) is 0 Å². The van der Waals surface area contributed by atoms with Crippen molar-refractivity contribution < 1.29 is 70.7 Å². The molecule has 5 aliphatic heterocycles. The van der Waals surface area contributed by atoms with Crippen LogP contribution in [0.5, 0.6) is 0 Å². The summed E-state index contributed by atoms with van der Waals surface area (Å²) in [5.74, 6) is -10.3.